The summed E-state index contributed by atoms with van der Waals surface area (Å²) in [6.45, 7) is 3.62. The van der Waals surface area contributed by atoms with Crippen molar-refractivity contribution in [1.29, 1.82) is 0 Å². The maximum absolute atomic E-state index is 12.1. The first-order valence-corrected chi connectivity index (χ1v) is 6.54. The minimum atomic E-state index is -0.410. The molecule has 0 aliphatic rings. The number of benzene rings is 2. The van der Waals surface area contributed by atoms with Crippen molar-refractivity contribution in [3.05, 3.63) is 48.0 Å². The van der Waals surface area contributed by atoms with Gasteiger partial charge in [-0.2, -0.15) is 0 Å². The molecule has 0 bridgehead atoms. The van der Waals surface area contributed by atoms with Crippen molar-refractivity contribution in [2.24, 2.45) is 0 Å². The van der Waals surface area contributed by atoms with Gasteiger partial charge in [0.2, 0.25) is 0 Å². The quantitative estimate of drug-likeness (QED) is 0.884. The molecule has 0 fully saturated rings. The van der Waals surface area contributed by atoms with Crippen LogP contribution in [-0.4, -0.2) is 23.2 Å². The Kier molecular flexibility index (Phi) is 4.17. The Hall–Kier alpha value is -1.87. The van der Waals surface area contributed by atoms with E-state index >= 15 is 0 Å². The number of fused-ring (bicyclic) bond motifs is 1. The number of hydrogen-bond acceptors (Lipinski definition) is 2. The minimum absolute atomic E-state index is 0.0426. The molecular formula is C16H19NO2. The molecule has 0 radical (unpaired) electrons. The normalized spacial score (nSPS) is 14.1. The average Bonchev–Trinajstić information content (AvgIpc) is 2.37. The van der Waals surface area contributed by atoms with Gasteiger partial charge in [-0.3, -0.25) is 4.79 Å². The molecule has 2 atom stereocenters. The molecular weight excluding hydrogens is 238 g/mol. The second-order valence-electron chi connectivity index (χ2n) is 5.02. The Labute approximate surface area is 113 Å². The van der Waals surface area contributed by atoms with Crippen LogP contribution in [-0.2, 0) is 0 Å². The van der Waals surface area contributed by atoms with Gasteiger partial charge in [0.05, 0.1) is 6.10 Å². The Balaban J connectivity index is 2.13. The summed E-state index contributed by atoms with van der Waals surface area (Å²) in [6.07, 6.45) is 0.145. The molecule has 0 aromatic heterocycles. The van der Waals surface area contributed by atoms with E-state index in [2.05, 4.69) is 5.32 Å². The van der Waals surface area contributed by atoms with Gasteiger partial charge in [-0.15, -0.1) is 0 Å². The van der Waals surface area contributed by atoms with Crippen LogP contribution in [0.1, 0.15) is 30.6 Å². The van der Waals surface area contributed by atoms with Crippen molar-refractivity contribution >= 4 is 16.7 Å². The summed E-state index contributed by atoms with van der Waals surface area (Å²) in [5.41, 5.74) is 0.649. The largest absolute Gasteiger partial charge is 0.393 e. The highest BCUT2D eigenvalue weighted by Crippen LogP contribution is 2.15. The van der Waals surface area contributed by atoms with Crippen LogP contribution in [0.2, 0.25) is 0 Å². The minimum Gasteiger partial charge on any atom is -0.393 e. The lowest BCUT2D eigenvalue weighted by Crippen LogP contribution is -2.34. The summed E-state index contributed by atoms with van der Waals surface area (Å²) >= 11 is 0. The predicted molar refractivity (Wildman–Crippen MR) is 77.2 cm³/mol. The lowest BCUT2D eigenvalue weighted by molar-refractivity contribution is 0.0923. The third kappa shape index (κ3) is 3.55. The van der Waals surface area contributed by atoms with Crippen molar-refractivity contribution in [2.75, 3.05) is 0 Å². The van der Waals surface area contributed by atoms with Crippen molar-refractivity contribution in [3.8, 4) is 0 Å². The predicted octanol–water partition coefficient (Wildman–Crippen LogP) is 2.73. The number of aliphatic hydroxyl groups excluding tert-OH is 1. The third-order valence-corrected chi connectivity index (χ3v) is 3.08. The molecule has 2 aromatic carbocycles. The van der Waals surface area contributed by atoms with E-state index in [1.807, 2.05) is 49.4 Å². The van der Waals surface area contributed by atoms with Gasteiger partial charge < -0.3 is 10.4 Å². The molecule has 0 aliphatic heterocycles. The van der Waals surface area contributed by atoms with Crippen LogP contribution in [0.4, 0.5) is 0 Å². The fourth-order valence-electron chi connectivity index (χ4n) is 2.21. The molecule has 19 heavy (non-hydrogen) atoms. The summed E-state index contributed by atoms with van der Waals surface area (Å²) in [4.78, 5) is 12.1. The molecule has 2 N–H and O–H groups in total. The van der Waals surface area contributed by atoms with Gasteiger partial charge in [0.1, 0.15) is 0 Å². The number of carbonyl (C=O) groups is 1. The first-order chi connectivity index (χ1) is 9.06. The lowest BCUT2D eigenvalue weighted by Gasteiger charge is -2.15. The van der Waals surface area contributed by atoms with Crippen molar-refractivity contribution < 1.29 is 9.90 Å². The SMILES string of the molecule is CC(O)CC(C)NC(=O)c1ccc2ccccc2c1. The van der Waals surface area contributed by atoms with Gasteiger partial charge in [0.25, 0.3) is 5.91 Å². The molecule has 2 aromatic rings. The molecule has 3 heteroatoms. The topological polar surface area (TPSA) is 49.3 Å². The summed E-state index contributed by atoms with van der Waals surface area (Å²) < 4.78 is 0. The summed E-state index contributed by atoms with van der Waals surface area (Å²) in [6, 6.07) is 13.6. The Bertz CT molecular complexity index is 578. The highest BCUT2D eigenvalue weighted by molar-refractivity contribution is 5.98. The monoisotopic (exact) mass is 257 g/mol. The van der Waals surface area contributed by atoms with Crippen LogP contribution < -0.4 is 5.32 Å². The molecule has 0 saturated carbocycles. The van der Waals surface area contributed by atoms with E-state index in [4.69, 9.17) is 0 Å². The molecule has 3 nitrogen and oxygen atoms in total. The Morgan fingerprint density at radius 2 is 1.84 bits per heavy atom. The van der Waals surface area contributed by atoms with Crippen LogP contribution >= 0.6 is 0 Å². The molecule has 2 unspecified atom stereocenters. The summed E-state index contributed by atoms with van der Waals surface area (Å²) in [5, 5.41) is 14.4. The van der Waals surface area contributed by atoms with E-state index in [9.17, 15) is 9.90 Å². The zero-order valence-electron chi connectivity index (χ0n) is 11.3. The van der Waals surface area contributed by atoms with E-state index in [0.717, 1.165) is 10.8 Å². The summed E-state index contributed by atoms with van der Waals surface area (Å²) in [7, 11) is 0. The first kappa shape index (κ1) is 13.6. The van der Waals surface area contributed by atoms with Crippen LogP contribution in [0.15, 0.2) is 42.5 Å². The lowest BCUT2D eigenvalue weighted by atomic mass is 10.1. The van der Waals surface area contributed by atoms with Crippen molar-refractivity contribution in [3.63, 3.8) is 0 Å². The average molecular weight is 257 g/mol. The van der Waals surface area contributed by atoms with Gasteiger partial charge in [-0.05, 0) is 43.2 Å². The molecule has 0 saturated heterocycles. The van der Waals surface area contributed by atoms with Crippen LogP contribution in [0.5, 0.6) is 0 Å². The number of hydrogen-bond donors (Lipinski definition) is 2. The Morgan fingerprint density at radius 1 is 1.16 bits per heavy atom. The molecule has 100 valence electrons. The molecule has 1 amide bonds. The van der Waals surface area contributed by atoms with E-state index in [1.54, 1.807) is 6.92 Å². The van der Waals surface area contributed by atoms with E-state index in [1.165, 1.54) is 0 Å². The smallest absolute Gasteiger partial charge is 0.251 e. The van der Waals surface area contributed by atoms with E-state index < -0.39 is 6.10 Å². The fourth-order valence-corrected chi connectivity index (χ4v) is 2.21. The van der Waals surface area contributed by atoms with Crippen molar-refractivity contribution in [2.45, 2.75) is 32.4 Å². The number of nitrogens with one attached hydrogen (secondary N) is 1. The molecule has 0 aliphatic carbocycles. The van der Waals surface area contributed by atoms with Crippen LogP contribution in [0, 0.1) is 0 Å². The molecule has 2 rings (SSSR count). The van der Waals surface area contributed by atoms with Gasteiger partial charge in [0, 0.05) is 11.6 Å². The second-order valence-corrected chi connectivity index (χ2v) is 5.02. The van der Waals surface area contributed by atoms with E-state index in [0.29, 0.717) is 12.0 Å². The van der Waals surface area contributed by atoms with Crippen molar-refractivity contribution in [1.82, 2.24) is 5.32 Å². The number of amides is 1. The highest BCUT2D eigenvalue weighted by atomic mass is 16.3. The standard InChI is InChI=1S/C16H19NO2/c1-11(9-12(2)18)17-16(19)15-8-7-13-5-3-4-6-14(13)10-15/h3-8,10-12,18H,9H2,1-2H3,(H,17,19). The number of carbonyl (C=O) groups excluding carboxylic acids is 1. The molecule has 0 heterocycles. The fraction of sp³-hybridized carbons (Fsp3) is 0.312. The Morgan fingerprint density at radius 3 is 2.53 bits per heavy atom. The van der Waals surface area contributed by atoms with Crippen LogP contribution in [0.25, 0.3) is 10.8 Å². The maximum atomic E-state index is 12.1. The third-order valence-electron chi connectivity index (χ3n) is 3.08. The van der Waals surface area contributed by atoms with E-state index in [-0.39, 0.29) is 11.9 Å². The maximum Gasteiger partial charge on any atom is 0.251 e. The van der Waals surface area contributed by atoms with Crippen LogP contribution in [0.3, 0.4) is 0 Å². The molecule has 0 spiro atoms. The zero-order chi connectivity index (χ0) is 13.8. The second kappa shape index (κ2) is 5.85. The van der Waals surface area contributed by atoms with Gasteiger partial charge >= 0.3 is 0 Å². The summed E-state index contributed by atoms with van der Waals surface area (Å²) in [5.74, 6) is -0.0982. The first-order valence-electron chi connectivity index (χ1n) is 6.54. The van der Waals surface area contributed by atoms with Gasteiger partial charge in [-0.25, -0.2) is 0 Å². The highest BCUT2D eigenvalue weighted by Gasteiger charge is 2.11. The number of rotatable bonds is 4. The number of aliphatic hydroxyl groups is 1. The van der Waals surface area contributed by atoms with Gasteiger partial charge in [0.15, 0.2) is 0 Å². The van der Waals surface area contributed by atoms with Gasteiger partial charge in [-0.1, -0.05) is 30.3 Å². The zero-order valence-corrected chi connectivity index (χ0v) is 11.3.